The first-order valence-corrected chi connectivity index (χ1v) is 8.50. The van der Waals surface area contributed by atoms with Crippen molar-refractivity contribution in [2.75, 3.05) is 40.0 Å². The zero-order valence-corrected chi connectivity index (χ0v) is 14.6. The SMILES string of the molecule is CCCOc1ccc(S(=O)(=O)NCCNCCOC)cc1.Cl. The molecule has 0 amide bonds. The average Bonchev–Trinajstić information content (AvgIpc) is 2.49. The van der Waals surface area contributed by atoms with Gasteiger partial charge in [-0.25, -0.2) is 13.1 Å². The van der Waals surface area contributed by atoms with E-state index >= 15 is 0 Å². The number of rotatable bonds is 11. The minimum absolute atomic E-state index is 0. The molecule has 0 atom stereocenters. The molecule has 22 heavy (non-hydrogen) atoms. The third kappa shape index (κ3) is 7.95. The molecule has 6 nitrogen and oxygen atoms in total. The summed E-state index contributed by atoms with van der Waals surface area (Å²) in [5, 5.41) is 3.07. The van der Waals surface area contributed by atoms with Crippen molar-refractivity contribution < 1.29 is 17.9 Å². The van der Waals surface area contributed by atoms with Gasteiger partial charge >= 0.3 is 0 Å². The third-order valence-corrected chi connectivity index (χ3v) is 4.16. The minimum Gasteiger partial charge on any atom is -0.494 e. The molecule has 0 aliphatic heterocycles. The first kappa shape index (κ1) is 21.1. The second-order valence-corrected chi connectivity index (χ2v) is 6.23. The van der Waals surface area contributed by atoms with Crippen LogP contribution in [0.5, 0.6) is 5.75 Å². The molecular formula is C14H25ClN2O4S. The summed E-state index contributed by atoms with van der Waals surface area (Å²) in [5.41, 5.74) is 0. The van der Waals surface area contributed by atoms with Gasteiger partial charge in [-0.2, -0.15) is 0 Å². The van der Waals surface area contributed by atoms with Crippen LogP contribution >= 0.6 is 12.4 Å². The van der Waals surface area contributed by atoms with E-state index in [0.717, 1.165) is 6.42 Å². The number of nitrogens with one attached hydrogen (secondary N) is 2. The molecule has 1 aromatic rings. The fourth-order valence-electron chi connectivity index (χ4n) is 1.59. The second kappa shape index (κ2) is 11.7. The van der Waals surface area contributed by atoms with E-state index in [1.165, 1.54) is 0 Å². The van der Waals surface area contributed by atoms with Gasteiger partial charge in [-0.05, 0) is 30.7 Å². The molecule has 0 unspecified atom stereocenters. The Kier molecular flexibility index (Phi) is 11.2. The van der Waals surface area contributed by atoms with E-state index in [0.29, 0.717) is 38.6 Å². The molecule has 8 heteroatoms. The Morgan fingerprint density at radius 2 is 1.73 bits per heavy atom. The summed E-state index contributed by atoms with van der Waals surface area (Å²) in [6.45, 7) is 4.83. The minimum atomic E-state index is -3.47. The molecule has 0 aromatic heterocycles. The van der Waals surface area contributed by atoms with Crippen LogP contribution in [0.3, 0.4) is 0 Å². The van der Waals surface area contributed by atoms with Gasteiger partial charge in [0.25, 0.3) is 0 Å². The fourth-order valence-corrected chi connectivity index (χ4v) is 2.62. The summed E-state index contributed by atoms with van der Waals surface area (Å²) in [4.78, 5) is 0.239. The monoisotopic (exact) mass is 352 g/mol. The highest BCUT2D eigenvalue weighted by Crippen LogP contribution is 2.15. The molecule has 1 rings (SSSR count). The molecule has 0 bridgehead atoms. The van der Waals surface area contributed by atoms with Crippen LogP contribution in [-0.4, -0.2) is 48.4 Å². The van der Waals surface area contributed by atoms with E-state index in [-0.39, 0.29) is 17.3 Å². The first-order chi connectivity index (χ1) is 10.1. The molecule has 1 aromatic carbocycles. The highest BCUT2D eigenvalue weighted by Gasteiger charge is 2.12. The number of hydrogen-bond acceptors (Lipinski definition) is 5. The van der Waals surface area contributed by atoms with Crippen LogP contribution in [0.1, 0.15) is 13.3 Å². The number of halogens is 1. The number of benzene rings is 1. The van der Waals surface area contributed by atoms with E-state index in [2.05, 4.69) is 10.0 Å². The Hall–Kier alpha value is -0.860. The van der Waals surface area contributed by atoms with Gasteiger partial charge in [-0.3, -0.25) is 0 Å². The van der Waals surface area contributed by atoms with Crippen molar-refractivity contribution in [1.82, 2.24) is 10.0 Å². The van der Waals surface area contributed by atoms with Crippen LogP contribution in [0, 0.1) is 0 Å². The highest BCUT2D eigenvalue weighted by atomic mass is 35.5. The molecule has 0 aliphatic carbocycles. The second-order valence-electron chi connectivity index (χ2n) is 4.46. The van der Waals surface area contributed by atoms with Crippen LogP contribution in [-0.2, 0) is 14.8 Å². The van der Waals surface area contributed by atoms with Gasteiger partial charge < -0.3 is 14.8 Å². The number of ether oxygens (including phenoxy) is 2. The predicted octanol–water partition coefficient (Wildman–Crippen LogP) is 1.41. The summed E-state index contributed by atoms with van der Waals surface area (Å²) in [6.07, 6.45) is 0.914. The summed E-state index contributed by atoms with van der Waals surface area (Å²) in [7, 11) is -1.84. The van der Waals surface area contributed by atoms with Crippen LogP contribution < -0.4 is 14.8 Å². The van der Waals surface area contributed by atoms with Crippen LogP contribution in [0.4, 0.5) is 0 Å². The van der Waals surface area contributed by atoms with Crippen LogP contribution in [0.15, 0.2) is 29.2 Å². The first-order valence-electron chi connectivity index (χ1n) is 7.02. The topological polar surface area (TPSA) is 76.7 Å². The Morgan fingerprint density at radius 1 is 1.05 bits per heavy atom. The fraction of sp³-hybridized carbons (Fsp3) is 0.571. The molecule has 2 N–H and O–H groups in total. The lowest BCUT2D eigenvalue weighted by molar-refractivity contribution is 0.199. The predicted molar refractivity (Wildman–Crippen MR) is 89.4 cm³/mol. The van der Waals surface area contributed by atoms with E-state index < -0.39 is 10.0 Å². The zero-order valence-electron chi connectivity index (χ0n) is 13.0. The van der Waals surface area contributed by atoms with E-state index in [9.17, 15) is 8.42 Å². The molecule has 0 fully saturated rings. The molecule has 128 valence electrons. The van der Waals surface area contributed by atoms with Crippen molar-refractivity contribution in [2.45, 2.75) is 18.2 Å². The maximum absolute atomic E-state index is 12.0. The summed E-state index contributed by atoms with van der Waals surface area (Å²) in [5.74, 6) is 0.678. The van der Waals surface area contributed by atoms with Crippen LogP contribution in [0.25, 0.3) is 0 Å². The maximum Gasteiger partial charge on any atom is 0.240 e. The Balaban J connectivity index is 0.00000441. The largest absolute Gasteiger partial charge is 0.494 e. The molecule has 0 radical (unpaired) electrons. The lowest BCUT2D eigenvalue weighted by Crippen LogP contribution is -2.33. The third-order valence-electron chi connectivity index (χ3n) is 2.68. The summed E-state index contributed by atoms with van der Waals surface area (Å²) in [6, 6.07) is 6.43. The normalized spacial score (nSPS) is 11.0. The molecule has 0 saturated heterocycles. The quantitative estimate of drug-likeness (QED) is 0.589. The Bertz CT molecular complexity index is 494. The van der Waals surface area contributed by atoms with Crippen LogP contribution in [0.2, 0.25) is 0 Å². The van der Waals surface area contributed by atoms with Crippen molar-refractivity contribution in [3.63, 3.8) is 0 Å². The smallest absolute Gasteiger partial charge is 0.240 e. The highest BCUT2D eigenvalue weighted by molar-refractivity contribution is 7.89. The summed E-state index contributed by atoms with van der Waals surface area (Å²) < 4.78 is 36.9. The van der Waals surface area contributed by atoms with Gasteiger partial charge in [0.05, 0.1) is 18.1 Å². The zero-order chi connectivity index (χ0) is 15.6. The van der Waals surface area contributed by atoms with Crippen molar-refractivity contribution in [2.24, 2.45) is 0 Å². The van der Waals surface area contributed by atoms with Gasteiger partial charge in [-0.1, -0.05) is 6.92 Å². The number of methoxy groups -OCH3 is 1. The lowest BCUT2D eigenvalue weighted by Gasteiger charge is -2.09. The van der Waals surface area contributed by atoms with Gasteiger partial charge in [0, 0.05) is 26.7 Å². The van der Waals surface area contributed by atoms with Crippen molar-refractivity contribution in [3.05, 3.63) is 24.3 Å². The van der Waals surface area contributed by atoms with Crippen molar-refractivity contribution in [3.8, 4) is 5.75 Å². The maximum atomic E-state index is 12.0. The molecular weight excluding hydrogens is 328 g/mol. The number of hydrogen-bond donors (Lipinski definition) is 2. The van der Waals surface area contributed by atoms with E-state index in [1.54, 1.807) is 31.4 Å². The molecule has 0 saturated carbocycles. The van der Waals surface area contributed by atoms with Gasteiger partial charge in [-0.15, -0.1) is 12.4 Å². The number of sulfonamides is 1. The Morgan fingerprint density at radius 3 is 2.32 bits per heavy atom. The van der Waals surface area contributed by atoms with Gasteiger partial charge in [0.15, 0.2) is 0 Å². The molecule has 0 spiro atoms. The van der Waals surface area contributed by atoms with Gasteiger partial charge in [0.2, 0.25) is 10.0 Å². The van der Waals surface area contributed by atoms with E-state index in [4.69, 9.17) is 9.47 Å². The van der Waals surface area contributed by atoms with E-state index in [1.807, 2.05) is 6.92 Å². The summed E-state index contributed by atoms with van der Waals surface area (Å²) >= 11 is 0. The standard InChI is InChI=1S/C14H24N2O4S.ClH/c1-3-11-20-13-4-6-14(7-5-13)21(17,18)16-9-8-15-10-12-19-2;/h4-7,15-16H,3,8-12H2,1-2H3;1H. The molecule has 0 aliphatic rings. The van der Waals surface area contributed by atoms with Crippen molar-refractivity contribution in [1.29, 1.82) is 0 Å². The van der Waals surface area contributed by atoms with Gasteiger partial charge in [0.1, 0.15) is 5.75 Å². The Labute approximate surface area is 139 Å². The average molecular weight is 353 g/mol. The van der Waals surface area contributed by atoms with Crippen molar-refractivity contribution >= 4 is 22.4 Å². The lowest BCUT2D eigenvalue weighted by atomic mass is 10.3. The molecule has 0 heterocycles.